The number of allylic oxidation sites excluding steroid dienone is 1. The highest BCUT2D eigenvalue weighted by Crippen LogP contribution is 2.47. The van der Waals surface area contributed by atoms with Crippen LogP contribution in [-0.4, -0.2) is 39.5 Å². The molecule has 1 aromatic rings. The number of amides is 1. The summed E-state index contributed by atoms with van der Waals surface area (Å²) < 4.78 is 25.6. The van der Waals surface area contributed by atoms with Crippen molar-refractivity contribution in [2.24, 2.45) is 16.6 Å². The Bertz CT molecular complexity index is 725. The summed E-state index contributed by atoms with van der Waals surface area (Å²) in [4.78, 5) is 26.2. The van der Waals surface area contributed by atoms with E-state index in [1.807, 2.05) is 13.8 Å². The highest BCUT2D eigenvalue weighted by atomic mass is 19.3. The predicted molar refractivity (Wildman–Crippen MR) is 82.1 cm³/mol. The second-order valence-corrected chi connectivity index (χ2v) is 7.29. The number of nitrogens with two attached hydrogens (primary N) is 1. The first-order chi connectivity index (χ1) is 11.1. The van der Waals surface area contributed by atoms with Gasteiger partial charge in [-0.1, -0.05) is 13.8 Å². The van der Waals surface area contributed by atoms with E-state index in [1.165, 1.54) is 6.07 Å². The van der Waals surface area contributed by atoms with E-state index in [1.54, 1.807) is 11.0 Å². The summed E-state index contributed by atoms with van der Waals surface area (Å²) in [6, 6.07) is 1.29. The Morgan fingerprint density at radius 1 is 1.42 bits per heavy atom. The van der Waals surface area contributed by atoms with Crippen molar-refractivity contribution in [2.75, 3.05) is 13.1 Å². The number of nitrogens with zero attached hydrogens (tertiary/aromatic N) is 3. The van der Waals surface area contributed by atoms with Crippen molar-refractivity contribution in [1.82, 2.24) is 14.7 Å². The third kappa shape index (κ3) is 2.70. The number of carbonyl (C=O) groups is 2. The highest BCUT2D eigenvalue weighted by molar-refractivity contribution is 5.99. The van der Waals surface area contributed by atoms with Crippen molar-refractivity contribution < 1.29 is 18.4 Å². The number of rotatable bonds is 2. The molecule has 130 valence electrons. The molecule has 0 bridgehead atoms. The van der Waals surface area contributed by atoms with Crippen LogP contribution in [0, 0.1) is 10.8 Å². The lowest BCUT2D eigenvalue weighted by Crippen LogP contribution is -2.42. The fraction of sp³-hybridized carbons (Fsp3) is 0.562. The van der Waals surface area contributed by atoms with E-state index in [4.69, 9.17) is 5.73 Å². The quantitative estimate of drug-likeness (QED) is 0.894. The molecule has 1 saturated heterocycles. The van der Waals surface area contributed by atoms with Crippen LogP contribution in [0.4, 0.5) is 8.78 Å². The smallest absolute Gasteiger partial charge is 0.333 e. The number of hydrogen-bond acceptors (Lipinski definition) is 4. The number of carbonyl (C=O) groups excluding carboxylic acids is 2. The van der Waals surface area contributed by atoms with Crippen LogP contribution in [0.3, 0.4) is 0 Å². The molecule has 1 aromatic heterocycles. The fourth-order valence-corrected chi connectivity index (χ4v) is 3.85. The Balaban J connectivity index is 1.80. The zero-order valence-corrected chi connectivity index (χ0v) is 13.6. The van der Waals surface area contributed by atoms with Gasteiger partial charge in [0.2, 0.25) is 0 Å². The Morgan fingerprint density at radius 3 is 2.71 bits per heavy atom. The molecule has 2 aliphatic rings. The monoisotopic (exact) mass is 338 g/mol. The molecule has 2 N–H and O–H groups in total. The van der Waals surface area contributed by atoms with E-state index in [2.05, 4.69) is 5.10 Å². The van der Waals surface area contributed by atoms with E-state index in [0.29, 0.717) is 30.6 Å². The molecule has 1 aliphatic carbocycles. The summed E-state index contributed by atoms with van der Waals surface area (Å²) >= 11 is 0. The predicted octanol–water partition coefficient (Wildman–Crippen LogP) is 1.95. The van der Waals surface area contributed by atoms with Crippen molar-refractivity contribution in [3.63, 3.8) is 0 Å². The van der Waals surface area contributed by atoms with Gasteiger partial charge in [-0.3, -0.25) is 9.59 Å². The standard InChI is InChI=1S/C16H20F2N4O2/c1-15(2)8-16(7-10(19)12(15)23)4-6-21(9-16)13(24)11-3-5-22(20-11)14(17)18/h3,5,7,14H,4,6,8-9,19H2,1-2H3/t16-/m1/s1. The fourth-order valence-electron chi connectivity index (χ4n) is 3.85. The average Bonchev–Trinajstić information content (AvgIpc) is 3.11. The maximum absolute atomic E-state index is 12.6. The lowest BCUT2D eigenvalue weighted by Gasteiger charge is -2.39. The summed E-state index contributed by atoms with van der Waals surface area (Å²) in [6.07, 6.45) is 4.15. The van der Waals surface area contributed by atoms with E-state index in [-0.39, 0.29) is 28.5 Å². The van der Waals surface area contributed by atoms with Crippen LogP contribution < -0.4 is 5.73 Å². The molecule has 1 amide bonds. The van der Waals surface area contributed by atoms with Gasteiger partial charge in [0.25, 0.3) is 5.91 Å². The number of aromatic nitrogens is 2. The molecule has 1 aliphatic heterocycles. The summed E-state index contributed by atoms with van der Waals surface area (Å²) in [6.45, 7) is 1.82. The molecule has 2 heterocycles. The second kappa shape index (κ2) is 5.39. The highest BCUT2D eigenvalue weighted by Gasteiger charge is 2.48. The maximum atomic E-state index is 12.6. The van der Waals surface area contributed by atoms with Crippen LogP contribution in [0.25, 0.3) is 0 Å². The van der Waals surface area contributed by atoms with Crippen molar-refractivity contribution in [3.05, 3.63) is 29.7 Å². The Labute approximate surface area is 138 Å². The molecule has 0 unspecified atom stereocenters. The first-order valence-electron chi connectivity index (χ1n) is 7.79. The van der Waals surface area contributed by atoms with Crippen LogP contribution in [0.15, 0.2) is 24.0 Å². The minimum atomic E-state index is -2.77. The maximum Gasteiger partial charge on any atom is 0.333 e. The van der Waals surface area contributed by atoms with Gasteiger partial charge in [-0.15, -0.1) is 0 Å². The Hall–Kier alpha value is -2.25. The summed E-state index contributed by atoms with van der Waals surface area (Å²) in [5.41, 5.74) is 5.20. The largest absolute Gasteiger partial charge is 0.396 e. The lowest BCUT2D eigenvalue weighted by molar-refractivity contribution is -0.125. The molecule has 8 heteroatoms. The first kappa shape index (κ1) is 16.6. The number of ketones is 1. The van der Waals surface area contributed by atoms with Gasteiger partial charge in [0.1, 0.15) is 0 Å². The summed E-state index contributed by atoms with van der Waals surface area (Å²) in [5.74, 6) is -0.457. The van der Waals surface area contributed by atoms with Gasteiger partial charge in [0, 0.05) is 30.1 Å². The molecule has 1 spiro atoms. The van der Waals surface area contributed by atoms with Crippen LogP contribution in [0.1, 0.15) is 43.7 Å². The number of alkyl halides is 2. The zero-order valence-electron chi connectivity index (χ0n) is 13.6. The second-order valence-electron chi connectivity index (χ2n) is 7.29. The third-order valence-electron chi connectivity index (χ3n) is 4.83. The van der Waals surface area contributed by atoms with Crippen molar-refractivity contribution >= 4 is 11.7 Å². The minimum Gasteiger partial charge on any atom is -0.396 e. The van der Waals surface area contributed by atoms with Gasteiger partial charge in [-0.25, -0.2) is 4.68 Å². The molecule has 1 atom stereocenters. The van der Waals surface area contributed by atoms with Gasteiger partial charge in [0.15, 0.2) is 11.5 Å². The summed E-state index contributed by atoms with van der Waals surface area (Å²) in [7, 11) is 0. The van der Waals surface area contributed by atoms with E-state index < -0.39 is 12.0 Å². The SMILES string of the molecule is CC1(C)C[C@]2(C=C(N)C1=O)CCN(C(=O)c1ccn(C(F)F)n1)C2. The molecule has 0 saturated carbocycles. The molecular weight excluding hydrogens is 318 g/mol. The molecular formula is C16H20F2N4O2. The average molecular weight is 338 g/mol. The van der Waals surface area contributed by atoms with Gasteiger partial charge < -0.3 is 10.6 Å². The van der Waals surface area contributed by atoms with E-state index >= 15 is 0 Å². The van der Waals surface area contributed by atoms with Crippen LogP contribution >= 0.6 is 0 Å². The number of halogens is 2. The zero-order chi connectivity index (χ0) is 17.7. The van der Waals surface area contributed by atoms with E-state index in [0.717, 1.165) is 6.20 Å². The van der Waals surface area contributed by atoms with Gasteiger partial charge in [-0.05, 0) is 25.0 Å². The third-order valence-corrected chi connectivity index (χ3v) is 4.83. The summed E-state index contributed by atoms with van der Waals surface area (Å²) in [5, 5.41) is 3.62. The molecule has 3 rings (SSSR count). The van der Waals surface area contributed by atoms with Crippen LogP contribution in [-0.2, 0) is 4.79 Å². The number of Topliss-reactive ketones (excluding diaryl/α,β-unsaturated/α-hetero) is 1. The molecule has 1 fully saturated rings. The van der Waals surface area contributed by atoms with Crippen LogP contribution in [0.2, 0.25) is 0 Å². The van der Waals surface area contributed by atoms with Gasteiger partial charge in [0.05, 0.1) is 5.70 Å². The molecule has 24 heavy (non-hydrogen) atoms. The number of hydrogen-bond donors (Lipinski definition) is 1. The Morgan fingerprint density at radius 2 is 2.12 bits per heavy atom. The lowest BCUT2D eigenvalue weighted by atomic mass is 9.65. The van der Waals surface area contributed by atoms with Gasteiger partial charge >= 0.3 is 6.55 Å². The normalized spacial score (nSPS) is 26.3. The molecule has 0 aromatic carbocycles. The number of likely N-dealkylation sites (tertiary alicyclic amines) is 1. The molecule has 0 radical (unpaired) electrons. The minimum absolute atomic E-state index is 0.00422. The van der Waals surface area contributed by atoms with Gasteiger partial charge in [-0.2, -0.15) is 13.9 Å². The van der Waals surface area contributed by atoms with E-state index in [9.17, 15) is 18.4 Å². The Kier molecular flexibility index (Phi) is 3.73. The van der Waals surface area contributed by atoms with Crippen molar-refractivity contribution in [3.8, 4) is 0 Å². The van der Waals surface area contributed by atoms with Crippen molar-refractivity contribution in [2.45, 2.75) is 33.2 Å². The first-order valence-corrected chi connectivity index (χ1v) is 7.79. The van der Waals surface area contributed by atoms with Crippen molar-refractivity contribution in [1.29, 1.82) is 0 Å². The topological polar surface area (TPSA) is 81.2 Å². The molecule has 6 nitrogen and oxygen atoms in total. The van der Waals surface area contributed by atoms with Crippen LogP contribution in [0.5, 0.6) is 0 Å².